The molecule has 1 aliphatic rings. The molecular weight excluding hydrogens is 370 g/mol. The van der Waals surface area contributed by atoms with Crippen LogP contribution in [0.2, 0.25) is 0 Å². The third kappa shape index (κ3) is 5.38. The van der Waals surface area contributed by atoms with E-state index < -0.39 is 0 Å². The van der Waals surface area contributed by atoms with Gasteiger partial charge >= 0.3 is 0 Å². The number of methoxy groups -OCH3 is 2. The van der Waals surface area contributed by atoms with Crippen molar-refractivity contribution in [3.8, 4) is 5.75 Å². The van der Waals surface area contributed by atoms with Crippen molar-refractivity contribution in [2.24, 2.45) is 12.0 Å². The van der Waals surface area contributed by atoms with Crippen LogP contribution in [-0.2, 0) is 18.3 Å². The third-order valence-electron chi connectivity index (χ3n) is 5.14. The molecule has 0 aliphatic carbocycles. The maximum Gasteiger partial charge on any atom is 0.194 e. The zero-order valence-electron chi connectivity index (χ0n) is 17.8. The van der Waals surface area contributed by atoms with Crippen LogP contribution in [0.3, 0.4) is 0 Å². The van der Waals surface area contributed by atoms with E-state index in [0.29, 0.717) is 19.7 Å². The molecule has 1 aliphatic heterocycles. The Balaban J connectivity index is 1.65. The second-order valence-corrected chi connectivity index (χ2v) is 6.96. The Bertz CT molecular complexity index is 813. The lowest BCUT2D eigenvalue weighted by atomic mass is 10.2. The molecular formula is C20H31N7O2. The average Bonchev–Trinajstić information content (AvgIpc) is 3.08. The van der Waals surface area contributed by atoms with Crippen molar-refractivity contribution in [3.63, 3.8) is 0 Å². The van der Waals surface area contributed by atoms with Crippen LogP contribution in [0.4, 0.5) is 5.69 Å². The first kappa shape index (κ1) is 20.9. The Morgan fingerprint density at radius 1 is 1.17 bits per heavy atom. The van der Waals surface area contributed by atoms with E-state index in [1.807, 2.05) is 30.7 Å². The van der Waals surface area contributed by atoms with Gasteiger partial charge in [0, 0.05) is 58.6 Å². The number of anilines is 1. The van der Waals surface area contributed by atoms with Crippen molar-refractivity contribution >= 4 is 11.6 Å². The number of aliphatic imine (C=N–C) groups is 1. The van der Waals surface area contributed by atoms with Crippen molar-refractivity contribution < 1.29 is 9.47 Å². The molecule has 158 valence electrons. The molecule has 0 spiro atoms. The van der Waals surface area contributed by atoms with Gasteiger partial charge in [-0.25, -0.2) is 4.99 Å². The summed E-state index contributed by atoms with van der Waals surface area (Å²) < 4.78 is 12.5. The maximum atomic E-state index is 5.35. The number of aryl methyl sites for hydroxylation is 1. The quantitative estimate of drug-likeness (QED) is 0.422. The van der Waals surface area contributed by atoms with E-state index in [0.717, 1.165) is 49.5 Å². The van der Waals surface area contributed by atoms with Crippen molar-refractivity contribution in [1.82, 2.24) is 25.0 Å². The fourth-order valence-electron chi connectivity index (χ4n) is 3.25. The van der Waals surface area contributed by atoms with Gasteiger partial charge in [0.1, 0.15) is 18.1 Å². The summed E-state index contributed by atoms with van der Waals surface area (Å²) in [6.45, 7) is 7.37. The highest BCUT2D eigenvalue weighted by Gasteiger charge is 2.20. The summed E-state index contributed by atoms with van der Waals surface area (Å²) in [5.74, 6) is 3.50. The predicted octanol–water partition coefficient (Wildman–Crippen LogP) is 1.05. The van der Waals surface area contributed by atoms with Gasteiger partial charge in [0.25, 0.3) is 0 Å². The van der Waals surface area contributed by atoms with Gasteiger partial charge in [-0.05, 0) is 19.1 Å². The molecule has 29 heavy (non-hydrogen) atoms. The summed E-state index contributed by atoms with van der Waals surface area (Å²) in [6, 6.07) is 8.21. The summed E-state index contributed by atoms with van der Waals surface area (Å²) >= 11 is 0. The van der Waals surface area contributed by atoms with Crippen molar-refractivity contribution in [2.45, 2.75) is 13.5 Å². The first-order valence-electron chi connectivity index (χ1n) is 9.88. The molecule has 1 aromatic heterocycles. The molecule has 1 N–H and O–H groups in total. The highest BCUT2D eigenvalue weighted by Crippen LogP contribution is 2.22. The van der Waals surface area contributed by atoms with Gasteiger partial charge in [-0.1, -0.05) is 6.07 Å². The topological polar surface area (TPSA) is 80.0 Å². The standard InChI is InChI=1S/C20H31N7O2/c1-16-23-24-19(25(16)2)15-22-20(21-8-13-28-3)27-11-9-26(10-12-27)17-6-5-7-18(14-17)29-4/h5-7,14H,8-13,15H2,1-4H3,(H,21,22). The Labute approximate surface area is 172 Å². The van der Waals surface area contributed by atoms with Crippen LogP contribution >= 0.6 is 0 Å². The third-order valence-corrected chi connectivity index (χ3v) is 5.14. The van der Waals surface area contributed by atoms with Crippen molar-refractivity contribution in [2.75, 3.05) is 58.5 Å². The monoisotopic (exact) mass is 401 g/mol. The smallest absolute Gasteiger partial charge is 0.194 e. The second kappa shape index (κ2) is 10.1. The fourth-order valence-corrected chi connectivity index (χ4v) is 3.25. The van der Waals surface area contributed by atoms with Gasteiger partial charge in [0.05, 0.1) is 13.7 Å². The van der Waals surface area contributed by atoms with Gasteiger partial charge < -0.3 is 29.2 Å². The fraction of sp³-hybridized carbons (Fsp3) is 0.550. The molecule has 0 saturated carbocycles. The largest absolute Gasteiger partial charge is 0.497 e. The summed E-state index contributed by atoms with van der Waals surface area (Å²) in [7, 11) is 5.36. The van der Waals surface area contributed by atoms with E-state index in [4.69, 9.17) is 14.5 Å². The molecule has 2 heterocycles. The van der Waals surface area contributed by atoms with E-state index in [2.05, 4.69) is 37.4 Å². The minimum atomic E-state index is 0.489. The Morgan fingerprint density at radius 3 is 2.62 bits per heavy atom. The van der Waals surface area contributed by atoms with Gasteiger partial charge in [-0.2, -0.15) is 0 Å². The zero-order chi connectivity index (χ0) is 20.6. The number of ether oxygens (including phenoxy) is 2. The van der Waals surface area contributed by atoms with Crippen LogP contribution in [-0.4, -0.2) is 79.2 Å². The van der Waals surface area contributed by atoms with Crippen LogP contribution < -0.4 is 15.0 Å². The predicted molar refractivity (Wildman–Crippen MR) is 114 cm³/mol. The number of rotatable bonds is 7. The normalized spacial score (nSPS) is 15.0. The molecule has 0 atom stereocenters. The van der Waals surface area contributed by atoms with E-state index in [1.165, 1.54) is 5.69 Å². The lowest BCUT2D eigenvalue weighted by molar-refractivity contribution is 0.202. The molecule has 2 aromatic rings. The molecule has 3 rings (SSSR count). The van der Waals surface area contributed by atoms with E-state index >= 15 is 0 Å². The summed E-state index contributed by atoms with van der Waals surface area (Å²) in [5, 5.41) is 11.7. The molecule has 9 nitrogen and oxygen atoms in total. The Hall–Kier alpha value is -2.81. The number of guanidine groups is 1. The van der Waals surface area contributed by atoms with Crippen LogP contribution in [0.5, 0.6) is 5.75 Å². The van der Waals surface area contributed by atoms with Gasteiger partial charge in [0.2, 0.25) is 0 Å². The van der Waals surface area contributed by atoms with Gasteiger partial charge in [0.15, 0.2) is 11.8 Å². The molecule has 1 aromatic carbocycles. The van der Waals surface area contributed by atoms with E-state index in [-0.39, 0.29) is 0 Å². The highest BCUT2D eigenvalue weighted by atomic mass is 16.5. The summed E-state index contributed by atoms with van der Waals surface area (Å²) in [6.07, 6.45) is 0. The average molecular weight is 402 g/mol. The number of benzene rings is 1. The zero-order valence-corrected chi connectivity index (χ0v) is 17.8. The lowest BCUT2D eigenvalue weighted by Gasteiger charge is -2.37. The lowest BCUT2D eigenvalue weighted by Crippen LogP contribution is -2.53. The molecule has 0 amide bonds. The SMILES string of the molecule is COCCNC(=NCc1nnc(C)n1C)N1CCN(c2cccc(OC)c2)CC1. The first-order chi connectivity index (χ1) is 14.1. The Kier molecular flexibility index (Phi) is 7.29. The van der Waals surface area contributed by atoms with Crippen LogP contribution in [0, 0.1) is 6.92 Å². The number of aromatic nitrogens is 3. The first-order valence-corrected chi connectivity index (χ1v) is 9.88. The summed E-state index contributed by atoms with van der Waals surface area (Å²) in [5.41, 5.74) is 1.18. The molecule has 0 unspecified atom stereocenters. The number of hydrogen-bond donors (Lipinski definition) is 1. The molecule has 1 saturated heterocycles. The van der Waals surface area contributed by atoms with Crippen molar-refractivity contribution in [3.05, 3.63) is 35.9 Å². The highest BCUT2D eigenvalue weighted by molar-refractivity contribution is 5.80. The summed E-state index contributed by atoms with van der Waals surface area (Å²) in [4.78, 5) is 9.46. The number of hydrogen-bond acceptors (Lipinski definition) is 6. The van der Waals surface area contributed by atoms with Crippen LogP contribution in [0.25, 0.3) is 0 Å². The maximum absolute atomic E-state index is 5.35. The minimum Gasteiger partial charge on any atom is -0.497 e. The van der Waals surface area contributed by atoms with E-state index in [1.54, 1.807) is 14.2 Å². The van der Waals surface area contributed by atoms with Gasteiger partial charge in [-0.3, -0.25) is 0 Å². The second-order valence-electron chi connectivity index (χ2n) is 6.96. The van der Waals surface area contributed by atoms with Crippen LogP contribution in [0.15, 0.2) is 29.3 Å². The molecule has 0 radical (unpaired) electrons. The van der Waals surface area contributed by atoms with Crippen molar-refractivity contribution in [1.29, 1.82) is 0 Å². The minimum absolute atomic E-state index is 0.489. The molecule has 0 bridgehead atoms. The number of nitrogens with zero attached hydrogens (tertiary/aromatic N) is 6. The molecule has 1 fully saturated rings. The van der Waals surface area contributed by atoms with Crippen LogP contribution in [0.1, 0.15) is 11.6 Å². The number of piperazine rings is 1. The van der Waals surface area contributed by atoms with E-state index in [9.17, 15) is 0 Å². The Morgan fingerprint density at radius 2 is 1.97 bits per heavy atom. The van der Waals surface area contributed by atoms with Gasteiger partial charge in [-0.15, -0.1) is 10.2 Å². The number of nitrogens with one attached hydrogen (secondary N) is 1. The molecule has 9 heteroatoms.